The minimum Gasteiger partial charge on any atom is -0.495 e. The van der Waals surface area contributed by atoms with Gasteiger partial charge in [-0.05, 0) is 30.5 Å². The molecule has 1 amide bonds. The van der Waals surface area contributed by atoms with E-state index in [-0.39, 0.29) is 11.9 Å². The first kappa shape index (κ1) is 14.8. The number of aryl methyl sites for hydroxylation is 1. The molecular weight excluding hydrogens is 304 g/mol. The Labute approximate surface area is 133 Å². The zero-order valence-corrected chi connectivity index (χ0v) is 13.2. The maximum atomic E-state index is 11.2. The highest BCUT2D eigenvalue weighted by molar-refractivity contribution is 6.32. The number of halogens is 1. The molecule has 2 aromatic rings. The molecule has 1 N–H and O–H groups in total. The van der Waals surface area contributed by atoms with Gasteiger partial charge in [0, 0.05) is 13.3 Å². The second kappa shape index (κ2) is 5.96. The Balaban J connectivity index is 1.95. The Morgan fingerprint density at radius 2 is 2.32 bits per heavy atom. The average molecular weight is 321 g/mol. The lowest BCUT2D eigenvalue weighted by atomic mass is 9.98. The van der Waals surface area contributed by atoms with Crippen LogP contribution in [0.4, 0.5) is 5.95 Å². The van der Waals surface area contributed by atoms with Gasteiger partial charge in [-0.1, -0.05) is 17.7 Å². The highest BCUT2D eigenvalue weighted by atomic mass is 35.5. The van der Waals surface area contributed by atoms with Gasteiger partial charge >= 0.3 is 0 Å². The van der Waals surface area contributed by atoms with Crippen LogP contribution in [-0.2, 0) is 11.2 Å². The number of nitrogens with zero attached hydrogens (tertiary/aromatic N) is 3. The van der Waals surface area contributed by atoms with Gasteiger partial charge in [-0.3, -0.25) is 10.1 Å². The van der Waals surface area contributed by atoms with Gasteiger partial charge in [-0.25, -0.2) is 4.68 Å². The first-order valence-corrected chi connectivity index (χ1v) is 7.52. The van der Waals surface area contributed by atoms with Crippen LogP contribution in [0.1, 0.15) is 37.2 Å². The van der Waals surface area contributed by atoms with E-state index < -0.39 is 0 Å². The van der Waals surface area contributed by atoms with Gasteiger partial charge in [0.2, 0.25) is 11.9 Å². The van der Waals surface area contributed by atoms with Crippen molar-refractivity contribution in [2.24, 2.45) is 0 Å². The van der Waals surface area contributed by atoms with Gasteiger partial charge in [0.05, 0.1) is 18.2 Å². The molecule has 0 saturated carbocycles. The van der Waals surface area contributed by atoms with E-state index in [1.807, 2.05) is 22.9 Å². The van der Waals surface area contributed by atoms with Crippen LogP contribution in [0.15, 0.2) is 18.2 Å². The third-order valence-corrected chi connectivity index (χ3v) is 4.02. The number of aromatic nitrogens is 3. The number of carbonyl (C=O) groups excluding carboxylic acids is 1. The van der Waals surface area contributed by atoms with Crippen molar-refractivity contribution in [1.82, 2.24) is 14.8 Å². The van der Waals surface area contributed by atoms with E-state index in [9.17, 15) is 4.79 Å². The van der Waals surface area contributed by atoms with Crippen LogP contribution in [0.3, 0.4) is 0 Å². The van der Waals surface area contributed by atoms with Gasteiger partial charge in [0.15, 0.2) is 0 Å². The Bertz CT molecular complexity index is 714. The van der Waals surface area contributed by atoms with E-state index in [0.29, 0.717) is 16.7 Å². The van der Waals surface area contributed by atoms with Crippen molar-refractivity contribution in [2.45, 2.75) is 32.2 Å². The van der Waals surface area contributed by atoms with Crippen LogP contribution in [0.5, 0.6) is 5.75 Å². The number of ether oxygens (including phenoxy) is 1. The molecule has 0 spiro atoms. The fourth-order valence-corrected chi connectivity index (χ4v) is 3.03. The number of amides is 1. The Morgan fingerprint density at radius 1 is 1.50 bits per heavy atom. The van der Waals surface area contributed by atoms with Crippen molar-refractivity contribution in [3.63, 3.8) is 0 Å². The topological polar surface area (TPSA) is 69.0 Å². The molecule has 1 aromatic carbocycles. The second-order valence-electron chi connectivity index (χ2n) is 5.28. The molecule has 0 saturated heterocycles. The SMILES string of the molecule is COc1ccc(C2CCCc3nc(NC(C)=O)nn32)cc1Cl. The Kier molecular flexibility index (Phi) is 4.02. The highest BCUT2D eigenvalue weighted by Crippen LogP contribution is 2.34. The molecule has 22 heavy (non-hydrogen) atoms. The number of benzene rings is 1. The summed E-state index contributed by atoms with van der Waals surface area (Å²) in [4.78, 5) is 15.5. The average Bonchev–Trinajstić information content (AvgIpc) is 2.88. The molecule has 0 aliphatic carbocycles. The highest BCUT2D eigenvalue weighted by Gasteiger charge is 2.25. The number of methoxy groups -OCH3 is 1. The van der Waals surface area contributed by atoms with Gasteiger partial charge in [-0.15, -0.1) is 5.10 Å². The molecule has 1 aromatic heterocycles. The van der Waals surface area contributed by atoms with Crippen LogP contribution < -0.4 is 10.1 Å². The fourth-order valence-electron chi connectivity index (χ4n) is 2.76. The van der Waals surface area contributed by atoms with Crippen LogP contribution in [0.25, 0.3) is 0 Å². The summed E-state index contributed by atoms with van der Waals surface area (Å²) >= 11 is 6.22. The molecule has 1 aliphatic rings. The van der Waals surface area contributed by atoms with Crippen molar-refractivity contribution in [3.8, 4) is 5.75 Å². The van der Waals surface area contributed by atoms with E-state index in [1.54, 1.807) is 7.11 Å². The maximum absolute atomic E-state index is 11.2. The summed E-state index contributed by atoms with van der Waals surface area (Å²) < 4.78 is 7.07. The molecule has 2 heterocycles. The lowest BCUT2D eigenvalue weighted by Gasteiger charge is -2.24. The number of rotatable bonds is 3. The van der Waals surface area contributed by atoms with E-state index in [4.69, 9.17) is 16.3 Å². The third kappa shape index (κ3) is 2.78. The minimum atomic E-state index is -0.174. The molecule has 6 nitrogen and oxygen atoms in total. The lowest BCUT2D eigenvalue weighted by molar-refractivity contribution is -0.114. The largest absolute Gasteiger partial charge is 0.495 e. The minimum absolute atomic E-state index is 0.0714. The standard InChI is InChI=1S/C15H17ClN4O2/c1-9(21)17-15-18-14-5-3-4-12(20(14)19-15)10-6-7-13(22-2)11(16)8-10/h6-8,12H,3-5H2,1-2H3,(H,17,19,21). The Morgan fingerprint density at radius 3 is 3.00 bits per heavy atom. The van der Waals surface area contributed by atoms with Crippen molar-refractivity contribution < 1.29 is 9.53 Å². The lowest BCUT2D eigenvalue weighted by Crippen LogP contribution is -2.20. The number of nitrogens with one attached hydrogen (secondary N) is 1. The monoisotopic (exact) mass is 320 g/mol. The molecule has 1 atom stereocenters. The molecule has 0 bridgehead atoms. The van der Waals surface area contributed by atoms with E-state index in [1.165, 1.54) is 6.92 Å². The molecule has 0 radical (unpaired) electrons. The van der Waals surface area contributed by atoms with Crippen LogP contribution >= 0.6 is 11.6 Å². The summed E-state index contributed by atoms with van der Waals surface area (Å²) in [6.07, 6.45) is 2.83. The summed E-state index contributed by atoms with van der Waals surface area (Å²) in [6, 6.07) is 5.82. The Hall–Kier alpha value is -2.08. The third-order valence-electron chi connectivity index (χ3n) is 3.72. The summed E-state index contributed by atoms with van der Waals surface area (Å²) in [5, 5.41) is 7.63. The summed E-state index contributed by atoms with van der Waals surface area (Å²) in [5.74, 6) is 1.71. The predicted octanol–water partition coefficient (Wildman–Crippen LogP) is 2.82. The molecule has 1 aliphatic heterocycles. The summed E-state index contributed by atoms with van der Waals surface area (Å²) in [7, 11) is 1.59. The zero-order valence-electron chi connectivity index (χ0n) is 12.5. The summed E-state index contributed by atoms with van der Waals surface area (Å²) in [6.45, 7) is 1.45. The molecular formula is C15H17ClN4O2. The number of hydrogen-bond donors (Lipinski definition) is 1. The van der Waals surface area contributed by atoms with E-state index in [0.717, 1.165) is 30.7 Å². The zero-order chi connectivity index (χ0) is 15.7. The number of hydrogen-bond acceptors (Lipinski definition) is 4. The molecule has 3 rings (SSSR count). The van der Waals surface area contributed by atoms with Crippen molar-refractivity contribution in [1.29, 1.82) is 0 Å². The first-order valence-electron chi connectivity index (χ1n) is 7.15. The molecule has 116 valence electrons. The molecule has 1 unspecified atom stereocenters. The van der Waals surface area contributed by atoms with Crippen molar-refractivity contribution in [3.05, 3.63) is 34.6 Å². The van der Waals surface area contributed by atoms with Crippen molar-refractivity contribution >= 4 is 23.5 Å². The predicted molar refractivity (Wildman–Crippen MR) is 83.4 cm³/mol. The smallest absolute Gasteiger partial charge is 0.248 e. The number of fused-ring (bicyclic) bond motifs is 1. The first-order chi connectivity index (χ1) is 10.6. The van der Waals surface area contributed by atoms with E-state index >= 15 is 0 Å². The second-order valence-corrected chi connectivity index (χ2v) is 5.69. The number of carbonyl (C=O) groups is 1. The van der Waals surface area contributed by atoms with Crippen LogP contribution in [0, 0.1) is 0 Å². The fraction of sp³-hybridized carbons (Fsp3) is 0.400. The van der Waals surface area contributed by atoms with Crippen molar-refractivity contribution in [2.75, 3.05) is 12.4 Å². The number of anilines is 1. The van der Waals surface area contributed by atoms with Gasteiger partial charge < -0.3 is 4.74 Å². The van der Waals surface area contributed by atoms with E-state index in [2.05, 4.69) is 15.4 Å². The molecule has 7 heteroatoms. The molecule has 0 fully saturated rings. The quantitative estimate of drug-likeness (QED) is 0.944. The van der Waals surface area contributed by atoms with Gasteiger partial charge in [0.25, 0.3) is 0 Å². The van der Waals surface area contributed by atoms with Gasteiger partial charge in [0.1, 0.15) is 11.6 Å². The van der Waals surface area contributed by atoms with Crippen LogP contribution in [-0.4, -0.2) is 27.8 Å². The maximum Gasteiger partial charge on any atom is 0.248 e. The van der Waals surface area contributed by atoms with Gasteiger partial charge in [-0.2, -0.15) is 4.98 Å². The van der Waals surface area contributed by atoms with Crippen LogP contribution in [0.2, 0.25) is 5.02 Å². The summed E-state index contributed by atoms with van der Waals surface area (Å²) in [5.41, 5.74) is 1.06. The normalized spacial score (nSPS) is 17.0.